The molecular formula is C9H8N6O3S. The molecule has 3 aromatic rings. The van der Waals surface area contributed by atoms with Crippen LogP contribution < -0.4 is 5.32 Å². The zero-order valence-electron chi connectivity index (χ0n) is 9.73. The number of aryl methyl sites for hydroxylation is 1. The van der Waals surface area contributed by atoms with Crippen molar-refractivity contribution in [1.82, 2.24) is 19.5 Å². The summed E-state index contributed by atoms with van der Waals surface area (Å²) in [4.78, 5) is 19.3. The molecule has 19 heavy (non-hydrogen) atoms. The Bertz CT molecular complexity index is 744. The molecule has 0 aliphatic carbocycles. The van der Waals surface area contributed by atoms with Gasteiger partial charge in [-0.25, -0.2) is 0 Å². The fraction of sp³-hybridized carbons (Fsp3) is 0.222. The van der Waals surface area contributed by atoms with Crippen LogP contribution in [0.5, 0.6) is 0 Å². The Hall–Kier alpha value is -2.49. The summed E-state index contributed by atoms with van der Waals surface area (Å²) in [6.45, 7) is 1.88. The van der Waals surface area contributed by atoms with E-state index in [1.54, 1.807) is 18.5 Å². The predicted molar refractivity (Wildman–Crippen MR) is 66.1 cm³/mol. The third-order valence-corrected chi connectivity index (χ3v) is 3.14. The van der Waals surface area contributed by atoms with Crippen LogP contribution in [-0.4, -0.2) is 24.4 Å². The molecule has 0 amide bonds. The Morgan fingerprint density at radius 3 is 3.11 bits per heavy atom. The van der Waals surface area contributed by atoms with E-state index in [-0.39, 0.29) is 18.2 Å². The lowest BCUT2D eigenvalue weighted by Gasteiger charge is -1.99. The van der Waals surface area contributed by atoms with E-state index in [9.17, 15) is 10.1 Å². The molecule has 0 aromatic carbocycles. The molecule has 0 fully saturated rings. The first-order chi connectivity index (χ1) is 9.15. The summed E-state index contributed by atoms with van der Waals surface area (Å²) in [6.07, 6.45) is 1.60. The maximum atomic E-state index is 11.1. The number of hydrogen-bond donors (Lipinski definition) is 1. The highest BCUT2D eigenvalue weighted by Crippen LogP contribution is 2.28. The molecule has 3 rings (SSSR count). The molecule has 98 valence electrons. The normalized spacial score (nSPS) is 11.0. The highest BCUT2D eigenvalue weighted by Gasteiger charge is 2.23. The van der Waals surface area contributed by atoms with E-state index >= 15 is 0 Å². The smallest absolute Gasteiger partial charge is 0.358 e. The Balaban J connectivity index is 1.89. The summed E-state index contributed by atoms with van der Waals surface area (Å²) in [6, 6.07) is 0. The lowest BCUT2D eigenvalue weighted by atomic mass is 10.5. The number of nitro groups is 1. The SMILES string of the molecule is Cc1noc(CNc2nc3sccn3c2[N+](=O)[O-])n1. The van der Waals surface area contributed by atoms with Crippen LogP contribution in [-0.2, 0) is 6.54 Å². The Labute approximate surface area is 110 Å². The molecule has 0 aliphatic heterocycles. The molecule has 0 bridgehead atoms. The average Bonchev–Trinajstić information content (AvgIpc) is 3.00. The largest absolute Gasteiger partial charge is 0.372 e. The first kappa shape index (κ1) is 11.6. The zero-order chi connectivity index (χ0) is 13.4. The Morgan fingerprint density at radius 1 is 1.58 bits per heavy atom. The molecule has 10 heteroatoms. The summed E-state index contributed by atoms with van der Waals surface area (Å²) >= 11 is 1.32. The van der Waals surface area contributed by atoms with Gasteiger partial charge in [-0.15, -0.1) is 0 Å². The van der Waals surface area contributed by atoms with Gasteiger partial charge in [0.15, 0.2) is 5.82 Å². The number of fused-ring (bicyclic) bond motifs is 1. The van der Waals surface area contributed by atoms with Gasteiger partial charge in [-0.05, 0) is 11.8 Å². The topological polar surface area (TPSA) is 111 Å². The number of aromatic nitrogens is 4. The van der Waals surface area contributed by atoms with Crippen LogP contribution in [0.3, 0.4) is 0 Å². The Morgan fingerprint density at radius 2 is 2.42 bits per heavy atom. The monoisotopic (exact) mass is 280 g/mol. The molecular weight excluding hydrogens is 272 g/mol. The molecule has 0 spiro atoms. The third kappa shape index (κ3) is 2.01. The maximum absolute atomic E-state index is 11.1. The van der Waals surface area contributed by atoms with Crippen molar-refractivity contribution in [2.75, 3.05) is 5.32 Å². The van der Waals surface area contributed by atoms with E-state index in [1.807, 2.05) is 0 Å². The van der Waals surface area contributed by atoms with E-state index in [2.05, 4.69) is 20.4 Å². The quantitative estimate of drug-likeness (QED) is 0.570. The van der Waals surface area contributed by atoms with Crippen LogP contribution >= 0.6 is 11.3 Å². The fourth-order valence-corrected chi connectivity index (χ4v) is 2.35. The number of anilines is 1. The van der Waals surface area contributed by atoms with Crippen molar-refractivity contribution < 1.29 is 9.45 Å². The highest BCUT2D eigenvalue weighted by atomic mass is 32.1. The van der Waals surface area contributed by atoms with Crippen LogP contribution in [0, 0.1) is 17.0 Å². The molecule has 3 heterocycles. The van der Waals surface area contributed by atoms with E-state index in [4.69, 9.17) is 4.52 Å². The first-order valence-corrected chi connectivity index (χ1v) is 6.16. The van der Waals surface area contributed by atoms with Crippen molar-refractivity contribution in [3.8, 4) is 0 Å². The van der Waals surface area contributed by atoms with Crippen LogP contribution in [0.25, 0.3) is 4.96 Å². The average molecular weight is 280 g/mol. The summed E-state index contributed by atoms with van der Waals surface area (Å²) in [5.41, 5.74) is 0. The second-order valence-electron chi connectivity index (χ2n) is 3.69. The standard InChI is InChI=1S/C9H8N6O3S/c1-5-11-6(18-13-5)4-10-7-8(15(16)17)14-2-3-19-9(14)12-7/h2-3,10H,4H2,1H3. The number of thiazole rings is 1. The van der Waals surface area contributed by atoms with Gasteiger partial charge in [0.05, 0.1) is 6.54 Å². The number of nitrogens with zero attached hydrogens (tertiary/aromatic N) is 5. The fourth-order valence-electron chi connectivity index (χ4n) is 1.64. The second-order valence-corrected chi connectivity index (χ2v) is 4.56. The zero-order valence-corrected chi connectivity index (χ0v) is 10.5. The van der Waals surface area contributed by atoms with Crippen molar-refractivity contribution in [2.24, 2.45) is 0 Å². The van der Waals surface area contributed by atoms with Crippen LogP contribution in [0.1, 0.15) is 11.7 Å². The molecule has 0 atom stereocenters. The second kappa shape index (κ2) is 4.31. The summed E-state index contributed by atoms with van der Waals surface area (Å²) in [7, 11) is 0. The maximum Gasteiger partial charge on any atom is 0.372 e. The minimum absolute atomic E-state index is 0.104. The van der Waals surface area contributed by atoms with Gasteiger partial charge < -0.3 is 20.0 Å². The number of nitrogens with one attached hydrogen (secondary N) is 1. The number of hydrogen-bond acceptors (Lipinski definition) is 8. The van der Waals surface area contributed by atoms with Crippen LogP contribution in [0.4, 0.5) is 11.6 Å². The van der Waals surface area contributed by atoms with Crippen molar-refractivity contribution in [1.29, 1.82) is 0 Å². The minimum Gasteiger partial charge on any atom is -0.358 e. The molecule has 9 nitrogen and oxygen atoms in total. The van der Waals surface area contributed by atoms with Crippen molar-refractivity contribution in [3.05, 3.63) is 33.4 Å². The Kier molecular flexibility index (Phi) is 2.63. The van der Waals surface area contributed by atoms with E-state index in [1.165, 1.54) is 15.7 Å². The third-order valence-electron chi connectivity index (χ3n) is 2.39. The van der Waals surface area contributed by atoms with Crippen molar-refractivity contribution >= 4 is 27.9 Å². The molecule has 3 aromatic heterocycles. The predicted octanol–water partition coefficient (Wildman–Crippen LogP) is 1.61. The minimum atomic E-state index is -0.478. The van der Waals surface area contributed by atoms with Gasteiger partial charge in [0.25, 0.3) is 4.96 Å². The van der Waals surface area contributed by atoms with Gasteiger partial charge in [-0.3, -0.25) is 0 Å². The molecule has 0 saturated carbocycles. The van der Waals surface area contributed by atoms with Crippen LogP contribution in [0.15, 0.2) is 16.1 Å². The first-order valence-electron chi connectivity index (χ1n) is 5.28. The van der Waals surface area contributed by atoms with Crippen molar-refractivity contribution in [3.63, 3.8) is 0 Å². The number of imidazole rings is 1. The van der Waals surface area contributed by atoms with Gasteiger partial charge in [0.1, 0.15) is 6.20 Å². The molecule has 0 saturated heterocycles. The highest BCUT2D eigenvalue weighted by molar-refractivity contribution is 7.15. The van der Waals surface area contributed by atoms with Gasteiger partial charge in [-0.2, -0.15) is 14.4 Å². The van der Waals surface area contributed by atoms with Crippen LogP contribution in [0.2, 0.25) is 0 Å². The van der Waals surface area contributed by atoms with E-state index in [0.29, 0.717) is 16.7 Å². The number of rotatable bonds is 4. The molecule has 0 unspecified atom stereocenters. The van der Waals surface area contributed by atoms with E-state index < -0.39 is 4.92 Å². The lowest BCUT2D eigenvalue weighted by Crippen LogP contribution is -2.03. The van der Waals surface area contributed by atoms with E-state index in [0.717, 1.165) is 0 Å². The van der Waals surface area contributed by atoms with Gasteiger partial charge >= 0.3 is 5.82 Å². The van der Waals surface area contributed by atoms with Gasteiger partial charge in [0.2, 0.25) is 11.7 Å². The summed E-state index contributed by atoms with van der Waals surface area (Å²) < 4.78 is 6.34. The summed E-state index contributed by atoms with van der Waals surface area (Å²) in [5, 5.41) is 19.3. The molecule has 1 N–H and O–H groups in total. The van der Waals surface area contributed by atoms with Gasteiger partial charge in [-0.1, -0.05) is 16.5 Å². The lowest BCUT2D eigenvalue weighted by molar-refractivity contribution is -0.389. The van der Waals surface area contributed by atoms with Gasteiger partial charge in [0, 0.05) is 5.38 Å². The summed E-state index contributed by atoms with van der Waals surface area (Å²) in [5.74, 6) is 0.945. The molecule has 0 aliphatic rings. The molecule has 0 radical (unpaired) electrons. The van der Waals surface area contributed by atoms with Crippen molar-refractivity contribution in [2.45, 2.75) is 13.5 Å².